The minimum Gasteiger partial charge on any atom is -0.465 e. The Morgan fingerprint density at radius 2 is 2.00 bits per heavy atom. The van der Waals surface area contributed by atoms with E-state index in [0.29, 0.717) is 12.2 Å². The van der Waals surface area contributed by atoms with Crippen molar-refractivity contribution < 1.29 is 19.1 Å². The predicted octanol–water partition coefficient (Wildman–Crippen LogP) is 1.68. The van der Waals surface area contributed by atoms with Gasteiger partial charge in [-0.3, -0.25) is 0 Å². The maximum Gasteiger partial charge on any atom is 0.356 e. The molecule has 0 N–H and O–H groups in total. The molecule has 0 saturated heterocycles. The Balaban J connectivity index is 2.67. The van der Waals surface area contributed by atoms with Crippen LogP contribution in [0.3, 0.4) is 0 Å². The second-order valence-electron chi connectivity index (χ2n) is 3.92. The van der Waals surface area contributed by atoms with E-state index >= 15 is 0 Å². The number of esters is 2. The zero-order valence-corrected chi connectivity index (χ0v) is 10.1. The minimum absolute atomic E-state index is 0.179. The molecule has 0 fully saturated rings. The van der Waals surface area contributed by atoms with E-state index < -0.39 is 11.9 Å². The molecule has 1 aromatic heterocycles. The number of hydrogen-bond donors (Lipinski definition) is 0. The molecule has 0 spiro atoms. The molecule has 5 heteroatoms. The van der Waals surface area contributed by atoms with E-state index in [1.807, 2.05) is 13.8 Å². The highest BCUT2D eigenvalue weighted by molar-refractivity contribution is 5.91. The average Bonchev–Trinajstić information content (AvgIpc) is 2.35. The topological polar surface area (TPSA) is 65.5 Å². The molecule has 1 heterocycles. The van der Waals surface area contributed by atoms with Crippen molar-refractivity contribution in [3.63, 3.8) is 0 Å². The average molecular weight is 237 g/mol. The van der Waals surface area contributed by atoms with Gasteiger partial charge in [0.05, 0.1) is 19.3 Å². The lowest BCUT2D eigenvalue weighted by Gasteiger charge is -2.06. The highest BCUT2D eigenvalue weighted by Gasteiger charge is 2.11. The summed E-state index contributed by atoms with van der Waals surface area (Å²) in [6.07, 6.45) is 1.29. The van der Waals surface area contributed by atoms with Gasteiger partial charge in [0, 0.05) is 6.20 Å². The van der Waals surface area contributed by atoms with E-state index in [1.165, 1.54) is 25.4 Å². The van der Waals surface area contributed by atoms with Crippen LogP contribution in [0.15, 0.2) is 18.3 Å². The maximum absolute atomic E-state index is 11.5. The summed E-state index contributed by atoms with van der Waals surface area (Å²) in [7, 11) is 1.28. The van der Waals surface area contributed by atoms with Gasteiger partial charge < -0.3 is 9.47 Å². The first-order chi connectivity index (χ1) is 8.04. The van der Waals surface area contributed by atoms with Gasteiger partial charge in [-0.05, 0) is 18.1 Å². The number of nitrogens with zero attached hydrogens (tertiary/aromatic N) is 1. The first-order valence-electron chi connectivity index (χ1n) is 5.26. The van der Waals surface area contributed by atoms with Gasteiger partial charge in [0.2, 0.25) is 0 Å². The number of aromatic nitrogens is 1. The molecule has 0 aliphatic rings. The van der Waals surface area contributed by atoms with Gasteiger partial charge in [0.25, 0.3) is 0 Å². The fraction of sp³-hybridized carbons (Fsp3) is 0.417. The fourth-order valence-electron chi connectivity index (χ4n) is 1.07. The molecule has 0 radical (unpaired) electrons. The second-order valence-corrected chi connectivity index (χ2v) is 3.92. The van der Waals surface area contributed by atoms with Crippen LogP contribution in [0.2, 0.25) is 0 Å². The van der Waals surface area contributed by atoms with Crippen molar-refractivity contribution >= 4 is 11.9 Å². The van der Waals surface area contributed by atoms with Crippen LogP contribution in [-0.4, -0.2) is 30.6 Å². The van der Waals surface area contributed by atoms with E-state index in [1.54, 1.807) is 0 Å². The fourth-order valence-corrected chi connectivity index (χ4v) is 1.07. The molecule has 0 atom stereocenters. The number of pyridine rings is 1. The van der Waals surface area contributed by atoms with Crippen LogP contribution in [-0.2, 0) is 9.47 Å². The number of carbonyl (C=O) groups is 2. The zero-order chi connectivity index (χ0) is 12.8. The van der Waals surface area contributed by atoms with Gasteiger partial charge in [-0.2, -0.15) is 0 Å². The highest BCUT2D eigenvalue weighted by Crippen LogP contribution is 2.04. The van der Waals surface area contributed by atoms with Crippen LogP contribution in [0.1, 0.15) is 34.7 Å². The van der Waals surface area contributed by atoms with Crippen molar-refractivity contribution in [1.29, 1.82) is 0 Å². The smallest absolute Gasteiger partial charge is 0.356 e. The van der Waals surface area contributed by atoms with Crippen LogP contribution in [0.25, 0.3) is 0 Å². The van der Waals surface area contributed by atoms with E-state index in [4.69, 9.17) is 4.74 Å². The molecule has 0 unspecified atom stereocenters. The van der Waals surface area contributed by atoms with Gasteiger partial charge in [-0.15, -0.1) is 0 Å². The van der Waals surface area contributed by atoms with Crippen molar-refractivity contribution in [2.24, 2.45) is 5.92 Å². The molecule has 17 heavy (non-hydrogen) atoms. The summed E-state index contributed by atoms with van der Waals surface area (Å²) in [5.74, 6) is -0.706. The van der Waals surface area contributed by atoms with Crippen LogP contribution >= 0.6 is 0 Å². The van der Waals surface area contributed by atoms with E-state index in [0.717, 1.165) is 0 Å². The summed E-state index contributed by atoms with van der Waals surface area (Å²) in [4.78, 5) is 26.5. The van der Waals surface area contributed by atoms with Gasteiger partial charge >= 0.3 is 11.9 Å². The van der Waals surface area contributed by atoms with Crippen molar-refractivity contribution in [1.82, 2.24) is 4.98 Å². The molecule has 0 aliphatic carbocycles. The van der Waals surface area contributed by atoms with Crippen LogP contribution < -0.4 is 0 Å². The minimum atomic E-state index is -0.491. The SMILES string of the molecule is COC(=O)c1ccc(C(=O)OCC(C)C)nc1. The van der Waals surface area contributed by atoms with Crippen molar-refractivity contribution in [3.05, 3.63) is 29.6 Å². The lowest BCUT2D eigenvalue weighted by Crippen LogP contribution is -2.12. The van der Waals surface area contributed by atoms with Crippen molar-refractivity contribution in [2.75, 3.05) is 13.7 Å². The molecule has 1 rings (SSSR count). The van der Waals surface area contributed by atoms with E-state index in [-0.39, 0.29) is 11.6 Å². The summed E-state index contributed by atoms with van der Waals surface area (Å²) >= 11 is 0. The highest BCUT2D eigenvalue weighted by atomic mass is 16.5. The summed E-state index contributed by atoms with van der Waals surface area (Å²) in [6, 6.07) is 2.92. The molecule has 0 aromatic carbocycles. The third-order valence-electron chi connectivity index (χ3n) is 1.94. The molecule has 0 bridgehead atoms. The maximum atomic E-state index is 11.5. The molecule has 1 aromatic rings. The van der Waals surface area contributed by atoms with Gasteiger partial charge in [-0.25, -0.2) is 14.6 Å². The van der Waals surface area contributed by atoms with Crippen molar-refractivity contribution in [2.45, 2.75) is 13.8 Å². The van der Waals surface area contributed by atoms with E-state index in [2.05, 4.69) is 9.72 Å². The predicted molar refractivity (Wildman–Crippen MR) is 60.7 cm³/mol. The second kappa shape index (κ2) is 5.98. The lowest BCUT2D eigenvalue weighted by atomic mass is 10.2. The summed E-state index contributed by atoms with van der Waals surface area (Å²) in [6.45, 7) is 4.24. The first-order valence-corrected chi connectivity index (χ1v) is 5.26. The van der Waals surface area contributed by atoms with Crippen LogP contribution in [0.5, 0.6) is 0 Å². The lowest BCUT2D eigenvalue weighted by molar-refractivity contribution is 0.0450. The van der Waals surface area contributed by atoms with E-state index in [9.17, 15) is 9.59 Å². The number of rotatable bonds is 4. The first kappa shape index (κ1) is 13.2. The molecule has 0 saturated carbocycles. The Morgan fingerprint density at radius 3 is 2.47 bits per heavy atom. The standard InChI is InChI=1S/C12H15NO4/c1-8(2)7-17-12(15)10-5-4-9(6-13-10)11(14)16-3/h4-6,8H,7H2,1-3H3. The van der Waals surface area contributed by atoms with Crippen LogP contribution in [0, 0.1) is 5.92 Å². The van der Waals surface area contributed by atoms with Gasteiger partial charge in [0.1, 0.15) is 5.69 Å². The van der Waals surface area contributed by atoms with Crippen molar-refractivity contribution in [3.8, 4) is 0 Å². The molecule has 0 amide bonds. The Kier molecular flexibility index (Phi) is 4.63. The number of hydrogen-bond acceptors (Lipinski definition) is 5. The third-order valence-corrected chi connectivity index (χ3v) is 1.94. The molecular formula is C12H15NO4. The summed E-state index contributed by atoms with van der Waals surface area (Å²) in [5, 5.41) is 0. The quantitative estimate of drug-likeness (QED) is 0.745. The summed E-state index contributed by atoms with van der Waals surface area (Å²) in [5.41, 5.74) is 0.478. The molecule has 92 valence electrons. The molecular weight excluding hydrogens is 222 g/mol. The number of methoxy groups -OCH3 is 1. The monoisotopic (exact) mass is 237 g/mol. The van der Waals surface area contributed by atoms with Crippen LogP contribution in [0.4, 0.5) is 0 Å². The Hall–Kier alpha value is -1.91. The zero-order valence-electron chi connectivity index (χ0n) is 10.1. The summed E-state index contributed by atoms with van der Waals surface area (Å²) < 4.78 is 9.52. The van der Waals surface area contributed by atoms with Gasteiger partial charge in [-0.1, -0.05) is 13.8 Å². The Morgan fingerprint density at radius 1 is 1.29 bits per heavy atom. The Bertz CT molecular complexity index is 397. The molecule has 0 aliphatic heterocycles. The Labute approximate surface area is 99.8 Å². The number of ether oxygens (including phenoxy) is 2. The molecule has 5 nitrogen and oxygen atoms in total. The number of carbonyl (C=O) groups excluding carboxylic acids is 2. The van der Waals surface area contributed by atoms with Gasteiger partial charge in [0.15, 0.2) is 0 Å². The largest absolute Gasteiger partial charge is 0.465 e. The third kappa shape index (κ3) is 3.86. The normalized spacial score (nSPS) is 10.1.